The molecule has 3 rings (SSSR count). The fourth-order valence-electron chi connectivity index (χ4n) is 2.27. The molecule has 0 amide bonds. The lowest BCUT2D eigenvalue weighted by Gasteiger charge is -1.99. The monoisotopic (exact) mass is 362 g/mol. The van der Waals surface area contributed by atoms with E-state index in [1.54, 1.807) is 24.3 Å². The second-order valence-electron chi connectivity index (χ2n) is 5.55. The molecular formula is C20H14N2O3S. The van der Waals surface area contributed by atoms with Gasteiger partial charge in [-0.25, -0.2) is 0 Å². The summed E-state index contributed by atoms with van der Waals surface area (Å²) in [5.41, 5.74) is 2.16. The molecule has 0 saturated heterocycles. The average Bonchev–Trinajstić information content (AvgIpc) is 3.09. The fourth-order valence-corrected chi connectivity index (χ4v) is 3.05. The maximum Gasteiger partial charge on any atom is 0.269 e. The number of furan rings is 1. The Labute approximate surface area is 154 Å². The number of nitro benzene ring substituents is 1. The molecule has 0 aliphatic rings. The first kappa shape index (κ1) is 17.5. The minimum Gasteiger partial charge on any atom is -0.450 e. The smallest absolute Gasteiger partial charge is 0.269 e. The summed E-state index contributed by atoms with van der Waals surface area (Å²) in [4.78, 5) is 11.3. The van der Waals surface area contributed by atoms with Crippen LogP contribution in [0.1, 0.15) is 16.9 Å². The summed E-state index contributed by atoms with van der Waals surface area (Å²) in [6.07, 6.45) is 1.63. The molecule has 6 heteroatoms. The predicted octanol–water partition coefficient (Wildman–Crippen LogP) is 5.71. The van der Waals surface area contributed by atoms with Crippen molar-refractivity contribution >= 4 is 29.1 Å². The van der Waals surface area contributed by atoms with Gasteiger partial charge >= 0.3 is 0 Å². The number of aryl methyl sites for hydroxylation is 1. The Morgan fingerprint density at radius 2 is 1.81 bits per heavy atom. The molecule has 1 aromatic heterocycles. The second kappa shape index (κ2) is 7.72. The molecule has 0 saturated carbocycles. The van der Waals surface area contributed by atoms with Crippen LogP contribution in [0.25, 0.3) is 11.6 Å². The van der Waals surface area contributed by atoms with E-state index in [1.165, 1.54) is 29.5 Å². The number of benzene rings is 2. The maximum atomic E-state index is 10.7. The highest BCUT2D eigenvalue weighted by Gasteiger charge is 2.09. The van der Waals surface area contributed by atoms with Gasteiger partial charge in [-0.15, -0.1) is 0 Å². The van der Waals surface area contributed by atoms with Crippen LogP contribution in [0, 0.1) is 28.4 Å². The highest BCUT2D eigenvalue weighted by molar-refractivity contribution is 7.99. The van der Waals surface area contributed by atoms with E-state index in [0.717, 1.165) is 9.99 Å². The Morgan fingerprint density at radius 1 is 1.12 bits per heavy atom. The third-order valence-electron chi connectivity index (χ3n) is 3.64. The van der Waals surface area contributed by atoms with E-state index in [1.807, 2.05) is 37.3 Å². The van der Waals surface area contributed by atoms with Crippen molar-refractivity contribution in [2.75, 3.05) is 0 Å². The molecule has 0 aliphatic heterocycles. The Morgan fingerprint density at radius 3 is 2.42 bits per heavy atom. The molecule has 0 fully saturated rings. The van der Waals surface area contributed by atoms with Crippen molar-refractivity contribution < 1.29 is 9.34 Å². The Kier molecular flexibility index (Phi) is 5.20. The maximum absolute atomic E-state index is 10.7. The number of nitro groups is 1. The van der Waals surface area contributed by atoms with Crippen LogP contribution < -0.4 is 0 Å². The van der Waals surface area contributed by atoms with Crippen LogP contribution in [0.3, 0.4) is 0 Å². The third kappa shape index (κ3) is 4.21. The van der Waals surface area contributed by atoms with Crippen LogP contribution in [0.2, 0.25) is 0 Å². The van der Waals surface area contributed by atoms with Crippen LogP contribution in [-0.2, 0) is 0 Å². The SMILES string of the molecule is Cc1ccc(Sc2ccc(C=C(C#N)c3ccc([N+](=O)[O-])cc3)o2)cc1. The van der Waals surface area contributed by atoms with Crippen LogP contribution in [-0.4, -0.2) is 4.92 Å². The summed E-state index contributed by atoms with van der Waals surface area (Å²) in [5, 5.41) is 20.8. The van der Waals surface area contributed by atoms with Gasteiger partial charge in [0.2, 0.25) is 0 Å². The first-order valence-corrected chi connectivity index (χ1v) is 8.58. The number of nitrogens with zero attached hydrogens (tertiary/aromatic N) is 2. The third-order valence-corrected chi connectivity index (χ3v) is 4.57. The van der Waals surface area contributed by atoms with Gasteiger partial charge in [0.05, 0.1) is 16.6 Å². The normalized spacial score (nSPS) is 11.2. The molecule has 0 unspecified atom stereocenters. The number of non-ortho nitro benzene ring substituents is 1. The lowest BCUT2D eigenvalue weighted by molar-refractivity contribution is -0.384. The first-order valence-electron chi connectivity index (χ1n) is 7.76. The van der Waals surface area contributed by atoms with Gasteiger partial charge < -0.3 is 4.42 Å². The lowest BCUT2D eigenvalue weighted by atomic mass is 10.1. The molecule has 26 heavy (non-hydrogen) atoms. The molecule has 0 spiro atoms. The van der Waals surface area contributed by atoms with Crippen molar-refractivity contribution in [2.24, 2.45) is 0 Å². The standard InChI is InChI=1S/C20H14N2O3S/c1-14-2-9-19(10-3-14)26-20-11-8-18(25-20)12-16(13-21)15-4-6-17(7-5-15)22(23)24/h2-12H,1H3. The zero-order valence-electron chi connectivity index (χ0n) is 13.9. The van der Waals surface area contributed by atoms with E-state index in [-0.39, 0.29) is 5.69 Å². The van der Waals surface area contributed by atoms with E-state index >= 15 is 0 Å². The summed E-state index contributed by atoms with van der Waals surface area (Å²) >= 11 is 1.50. The number of nitriles is 1. The van der Waals surface area contributed by atoms with Gasteiger partial charge in [-0.1, -0.05) is 29.5 Å². The molecule has 0 atom stereocenters. The molecule has 2 aromatic carbocycles. The summed E-state index contributed by atoms with van der Waals surface area (Å²) in [7, 11) is 0. The quantitative estimate of drug-likeness (QED) is 0.330. The molecule has 5 nitrogen and oxygen atoms in total. The molecular weight excluding hydrogens is 348 g/mol. The summed E-state index contributed by atoms with van der Waals surface area (Å²) in [6, 6.07) is 19.7. The fraction of sp³-hybridized carbons (Fsp3) is 0.0500. The van der Waals surface area contributed by atoms with Crippen molar-refractivity contribution in [2.45, 2.75) is 16.9 Å². The predicted molar refractivity (Wildman–Crippen MR) is 101 cm³/mol. The topological polar surface area (TPSA) is 80.1 Å². The van der Waals surface area contributed by atoms with E-state index in [0.29, 0.717) is 16.9 Å². The molecule has 0 radical (unpaired) electrons. The summed E-state index contributed by atoms with van der Waals surface area (Å²) < 4.78 is 5.76. The minimum absolute atomic E-state index is 0.0131. The van der Waals surface area contributed by atoms with Gasteiger partial charge in [0.15, 0.2) is 5.09 Å². The van der Waals surface area contributed by atoms with Crippen molar-refractivity contribution in [1.29, 1.82) is 5.26 Å². The minimum atomic E-state index is -0.472. The Bertz CT molecular complexity index is 997. The second-order valence-corrected chi connectivity index (χ2v) is 6.62. The lowest BCUT2D eigenvalue weighted by Crippen LogP contribution is -1.88. The van der Waals surface area contributed by atoms with Crippen LogP contribution in [0.15, 0.2) is 75.1 Å². The molecule has 0 aliphatic carbocycles. The van der Waals surface area contributed by atoms with Gasteiger partial charge in [0, 0.05) is 17.0 Å². The van der Waals surface area contributed by atoms with Gasteiger partial charge in [-0.2, -0.15) is 5.26 Å². The van der Waals surface area contributed by atoms with Crippen molar-refractivity contribution in [3.63, 3.8) is 0 Å². The van der Waals surface area contributed by atoms with E-state index < -0.39 is 4.92 Å². The van der Waals surface area contributed by atoms with Crippen molar-refractivity contribution in [1.82, 2.24) is 0 Å². The van der Waals surface area contributed by atoms with Gasteiger partial charge in [-0.3, -0.25) is 10.1 Å². The first-order chi connectivity index (χ1) is 12.5. The van der Waals surface area contributed by atoms with E-state index in [2.05, 4.69) is 6.07 Å². The summed E-state index contributed by atoms with van der Waals surface area (Å²) in [5.74, 6) is 0.550. The van der Waals surface area contributed by atoms with Crippen LogP contribution in [0.4, 0.5) is 5.69 Å². The largest absolute Gasteiger partial charge is 0.450 e. The average molecular weight is 362 g/mol. The van der Waals surface area contributed by atoms with Gasteiger partial charge in [-0.05, 0) is 55.0 Å². The zero-order valence-corrected chi connectivity index (χ0v) is 14.7. The Hall–Kier alpha value is -3.30. The number of rotatable bonds is 5. The van der Waals surface area contributed by atoms with Crippen molar-refractivity contribution in [3.05, 3.63) is 87.7 Å². The Balaban J connectivity index is 1.79. The molecule has 128 valence electrons. The van der Waals surface area contributed by atoms with Crippen molar-refractivity contribution in [3.8, 4) is 6.07 Å². The van der Waals surface area contributed by atoms with Crippen LogP contribution >= 0.6 is 11.8 Å². The van der Waals surface area contributed by atoms with E-state index in [4.69, 9.17) is 4.42 Å². The summed E-state index contributed by atoms with van der Waals surface area (Å²) in [6.45, 7) is 2.03. The molecule has 3 aromatic rings. The highest BCUT2D eigenvalue weighted by Crippen LogP contribution is 2.30. The molecule has 0 N–H and O–H groups in total. The highest BCUT2D eigenvalue weighted by atomic mass is 32.2. The number of hydrogen-bond donors (Lipinski definition) is 0. The molecule has 1 heterocycles. The number of hydrogen-bond acceptors (Lipinski definition) is 5. The van der Waals surface area contributed by atoms with Crippen LogP contribution in [0.5, 0.6) is 0 Å². The zero-order chi connectivity index (χ0) is 18.5. The van der Waals surface area contributed by atoms with E-state index in [9.17, 15) is 15.4 Å². The van der Waals surface area contributed by atoms with Gasteiger partial charge in [0.1, 0.15) is 5.76 Å². The molecule has 0 bridgehead atoms. The number of allylic oxidation sites excluding steroid dienone is 1. The van der Waals surface area contributed by atoms with Gasteiger partial charge in [0.25, 0.3) is 5.69 Å².